The molecule has 0 unspecified atom stereocenters. The van der Waals surface area contributed by atoms with Crippen molar-refractivity contribution < 1.29 is 14.7 Å². The van der Waals surface area contributed by atoms with Crippen molar-refractivity contribution in [3.63, 3.8) is 0 Å². The molecule has 0 saturated heterocycles. The van der Waals surface area contributed by atoms with Crippen LogP contribution in [0.2, 0.25) is 0 Å². The first kappa shape index (κ1) is 5.37. The van der Waals surface area contributed by atoms with Gasteiger partial charge in [-0.15, -0.1) is 5.48 Å². The lowest BCUT2D eigenvalue weighted by Gasteiger charge is -1.95. The van der Waals surface area contributed by atoms with Crippen molar-refractivity contribution in [2.75, 3.05) is 0 Å². The van der Waals surface area contributed by atoms with Gasteiger partial charge in [-0.1, -0.05) is 0 Å². The molecule has 1 rings (SSSR count). The minimum atomic E-state index is -1.27. The van der Waals surface area contributed by atoms with Gasteiger partial charge in [-0.2, -0.15) is 0 Å². The van der Waals surface area contributed by atoms with Crippen molar-refractivity contribution in [1.29, 1.82) is 0 Å². The van der Waals surface area contributed by atoms with E-state index in [0.29, 0.717) is 0 Å². The maximum atomic E-state index is 9.65. The molecule has 0 radical (unpaired) electrons. The van der Waals surface area contributed by atoms with Crippen LogP contribution in [0.4, 0.5) is 4.79 Å². The lowest BCUT2D eigenvalue weighted by Crippen LogP contribution is -2.20. The molecule has 1 saturated carbocycles. The van der Waals surface area contributed by atoms with Gasteiger partial charge in [-0.05, 0) is 12.8 Å². The van der Waals surface area contributed by atoms with Gasteiger partial charge in [0, 0.05) is 6.04 Å². The SMILES string of the molecule is O=C(O)ONC1CC1. The summed E-state index contributed by atoms with van der Waals surface area (Å²) in [4.78, 5) is 13.7. The summed E-state index contributed by atoms with van der Waals surface area (Å²) in [5.74, 6) is 0. The lowest BCUT2D eigenvalue weighted by atomic mass is 10.8. The highest BCUT2D eigenvalue weighted by atomic mass is 16.8. The molecule has 0 atom stereocenters. The molecule has 1 aliphatic rings. The minimum absolute atomic E-state index is 0.283. The molecule has 0 aromatic heterocycles. The van der Waals surface area contributed by atoms with Crippen LogP contribution in [0.15, 0.2) is 0 Å². The highest BCUT2D eigenvalue weighted by Crippen LogP contribution is 2.18. The fourth-order valence-electron chi connectivity index (χ4n) is 0.335. The monoisotopic (exact) mass is 117 g/mol. The second-order valence-electron chi connectivity index (χ2n) is 1.76. The van der Waals surface area contributed by atoms with Crippen molar-refractivity contribution in [3.05, 3.63) is 0 Å². The highest BCUT2D eigenvalue weighted by Gasteiger charge is 2.22. The Bertz CT molecular complexity index is 99.5. The molecule has 0 spiro atoms. The maximum absolute atomic E-state index is 9.65. The van der Waals surface area contributed by atoms with Crippen LogP contribution in [-0.2, 0) is 4.84 Å². The van der Waals surface area contributed by atoms with E-state index >= 15 is 0 Å². The smallest absolute Gasteiger partial charge is 0.448 e. The predicted molar refractivity (Wildman–Crippen MR) is 25.3 cm³/mol. The van der Waals surface area contributed by atoms with Gasteiger partial charge in [0.25, 0.3) is 0 Å². The predicted octanol–water partition coefficient (Wildman–Crippen LogP) is 0.348. The number of hydrogen-bond donors (Lipinski definition) is 2. The molecule has 4 heteroatoms. The van der Waals surface area contributed by atoms with Crippen LogP contribution in [0.25, 0.3) is 0 Å². The zero-order chi connectivity index (χ0) is 5.98. The lowest BCUT2D eigenvalue weighted by molar-refractivity contribution is 0.0411. The molecule has 0 bridgehead atoms. The van der Waals surface area contributed by atoms with Crippen molar-refractivity contribution in [2.24, 2.45) is 0 Å². The summed E-state index contributed by atoms with van der Waals surface area (Å²) in [7, 11) is 0. The van der Waals surface area contributed by atoms with Crippen LogP contribution in [-0.4, -0.2) is 17.3 Å². The van der Waals surface area contributed by atoms with Gasteiger partial charge in [-0.3, -0.25) is 0 Å². The van der Waals surface area contributed by atoms with E-state index in [2.05, 4.69) is 10.3 Å². The topological polar surface area (TPSA) is 58.6 Å². The standard InChI is InChI=1S/C4H7NO3/c6-4(7)8-5-3-1-2-3/h3,5H,1-2H2,(H,6,7). The van der Waals surface area contributed by atoms with E-state index in [4.69, 9.17) is 5.11 Å². The molecule has 2 N–H and O–H groups in total. The molecule has 0 aromatic rings. The van der Waals surface area contributed by atoms with Crippen molar-refractivity contribution in [2.45, 2.75) is 18.9 Å². The van der Waals surface area contributed by atoms with Crippen molar-refractivity contribution in [1.82, 2.24) is 5.48 Å². The third-order valence-electron chi connectivity index (χ3n) is 0.890. The second kappa shape index (κ2) is 2.00. The van der Waals surface area contributed by atoms with Crippen molar-refractivity contribution >= 4 is 6.16 Å². The summed E-state index contributed by atoms with van der Waals surface area (Å²) in [6.45, 7) is 0. The van der Waals surface area contributed by atoms with Crippen LogP contribution in [0, 0.1) is 0 Å². The first-order chi connectivity index (χ1) is 3.79. The van der Waals surface area contributed by atoms with E-state index in [0.717, 1.165) is 12.8 Å². The van der Waals surface area contributed by atoms with Crippen molar-refractivity contribution in [3.8, 4) is 0 Å². The Balaban J connectivity index is 1.95. The molecule has 0 aromatic carbocycles. The zero-order valence-electron chi connectivity index (χ0n) is 4.26. The Hall–Kier alpha value is -0.770. The second-order valence-corrected chi connectivity index (χ2v) is 1.76. The fraction of sp³-hybridized carbons (Fsp3) is 0.750. The van der Waals surface area contributed by atoms with E-state index in [1.165, 1.54) is 0 Å². The summed E-state index contributed by atoms with van der Waals surface area (Å²) in [6, 6.07) is 0.283. The fourth-order valence-corrected chi connectivity index (χ4v) is 0.335. The Morgan fingerprint density at radius 1 is 1.75 bits per heavy atom. The van der Waals surface area contributed by atoms with Crippen LogP contribution >= 0.6 is 0 Å². The summed E-state index contributed by atoms with van der Waals surface area (Å²) in [5.41, 5.74) is 2.36. The largest absolute Gasteiger partial charge is 0.525 e. The number of carboxylic acid groups (broad SMARTS) is 1. The van der Waals surface area contributed by atoms with E-state index in [1.807, 2.05) is 0 Å². The van der Waals surface area contributed by atoms with Crippen LogP contribution in [0.5, 0.6) is 0 Å². The molecular weight excluding hydrogens is 110 g/mol. The molecule has 0 heterocycles. The van der Waals surface area contributed by atoms with Crippen LogP contribution < -0.4 is 5.48 Å². The van der Waals surface area contributed by atoms with Gasteiger partial charge < -0.3 is 9.94 Å². The Morgan fingerprint density at radius 2 is 2.38 bits per heavy atom. The summed E-state index contributed by atoms with van der Waals surface area (Å²) < 4.78 is 0. The number of hydrogen-bond acceptors (Lipinski definition) is 3. The maximum Gasteiger partial charge on any atom is 0.525 e. The summed E-state index contributed by atoms with van der Waals surface area (Å²) in [6.07, 6.45) is 0.775. The first-order valence-corrected chi connectivity index (χ1v) is 2.44. The van der Waals surface area contributed by atoms with E-state index in [9.17, 15) is 4.79 Å². The quantitative estimate of drug-likeness (QED) is 0.512. The van der Waals surface area contributed by atoms with E-state index in [1.54, 1.807) is 0 Å². The van der Waals surface area contributed by atoms with E-state index in [-0.39, 0.29) is 6.04 Å². The molecule has 46 valence electrons. The van der Waals surface area contributed by atoms with Crippen LogP contribution in [0.3, 0.4) is 0 Å². The van der Waals surface area contributed by atoms with Gasteiger partial charge in [0.15, 0.2) is 0 Å². The van der Waals surface area contributed by atoms with Gasteiger partial charge in [0.1, 0.15) is 0 Å². The minimum Gasteiger partial charge on any atom is -0.448 e. The van der Waals surface area contributed by atoms with E-state index < -0.39 is 6.16 Å². The molecule has 8 heavy (non-hydrogen) atoms. The van der Waals surface area contributed by atoms with Gasteiger partial charge in [0.2, 0.25) is 0 Å². The Kier molecular flexibility index (Phi) is 1.34. The van der Waals surface area contributed by atoms with Gasteiger partial charge in [0.05, 0.1) is 0 Å². The number of nitrogens with one attached hydrogen (secondary N) is 1. The molecule has 1 fully saturated rings. The van der Waals surface area contributed by atoms with Crippen LogP contribution in [0.1, 0.15) is 12.8 Å². The van der Waals surface area contributed by atoms with Gasteiger partial charge >= 0.3 is 6.16 Å². The third kappa shape index (κ3) is 1.79. The Morgan fingerprint density at radius 3 is 2.75 bits per heavy atom. The molecule has 0 aliphatic heterocycles. The molecule has 0 amide bonds. The number of hydroxylamine groups is 1. The number of carbonyl (C=O) groups is 1. The average molecular weight is 117 g/mol. The molecule has 1 aliphatic carbocycles. The summed E-state index contributed by atoms with van der Waals surface area (Å²) in [5, 5.41) is 7.91. The average Bonchev–Trinajstić information content (AvgIpc) is 2.41. The normalized spacial score (nSPS) is 18.0. The Labute approximate surface area is 46.4 Å². The highest BCUT2D eigenvalue weighted by molar-refractivity contribution is 5.56. The third-order valence-corrected chi connectivity index (χ3v) is 0.890. The molecule has 4 nitrogen and oxygen atoms in total. The summed E-state index contributed by atoms with van der Waals surface area (Å²) >= 11 is 0. The molecular formula is C4H7NO3. The number of rotatable bonds is 2. The van der Waals surface area contributed by atoms with Gasteiger partial charge in [-0.25, -0.2) is 4.79 Å². The first-order valence-electron chi connectivity index (χ1n) is 2.44. The zero-order valence-corrected chi connectivity index (χ0v) is 4.26.